The van der Waals surface area contributed by atoms with Crippen molar-refractivity contribution in [2.45, 2.75) is 77.3 Å². The SMILES string of the molecule is CCCCCCCOc1cccc(NC(=O)C2CCCC(C)N2)c1. The number of rotatable bonds is 9. The smallest absolute Gasteiger partial charge is 0.241 e. The molecule has 0 spiro atoms. The molecule has 2 rings (SSSR count). The second kappa shape index (κ2) is 10.3. The highest BCUT2D eigenvalue weighted by atomic mass is 16.5. The van der Waals surface area contributed by atoms with Gasteiger partial charge in [0, 0.05) is 17.8 Å². The molecule has 4 heteroatoms. The molecule has 1 fully saturated rings. The molecule has 0 radical (unpaired) electrons. The molecule has 24 heavy (non-hydrogen) atoms. The molecule has 134 valence electrons. The van der Waals surface area contributed by atoms with Crippen LogP contribution in [0.4, 0.5) is 5.69 Å². The minimum absolute atomic E-state index is 0.0539. The number of hydrogen-bond acceptors (Lipinski definition) is 3. The Hall–Kier alpha value is -1.55. The lowest BCUT2D eigenvalue weighted by atomic mass is 9.99. The summed E-state index contributed by atoms with van der Waals surface area (Å²) >= 11 is 0. The first kappa shape index (κ1) is 18.8. The van der Waals surface area contributed by atoms with E-state index in [2.05, 4.69) is 24.5 Å². The molecule has 1 amide bonds. The molecule has 2 unspecified atom stereocenters. The molecular weight excluding hydrogens is 300 g/mol. The van der Waals surface area contributed by atoms with Crippen molar-refractivity contribution >= 4 is 11.6 Å². The minimum atomic E-state index is -0.0862. The van der Waals surface area contributed by atoms with E-state index in [-0.39, 0.29) is 11.9 Å². The summed E-state index contributed by atoms with van der Waals surface area (Å²) in [5.74, 6) is 0.881. The largest absolute Gasteiger partial charge is 0.494 e. The number of amides is 1. The molecule has 2 atom stereocenters. The Kier molecular flexibility index (Phi) is 8.10. The molecule has 1 aliphatic heterocycles. The third kappa shape index (κ3) is 6.52. The monoisotopic (exact) mass is 332 g/mol. The van der Waals surface area contributed by atoms with Gasteiger partial charge in [0.05, 0.1) is 12.6 Å². The van der Waals surface area contributed by atoms with E-state index < -0.39 is 0 Å². The van der Waals surface area contributed by atoms with Gasteiger partial charge in [-0.1, -0.05) is 38.7 Å². The maximum Gasteiger partial charge on any atom is 0.241 e. The Bertz CT molecular complexity index is 504. The van der Waals surface area contributed by atoms with Crippen LogP contribution in [0.25, 0.3) is 0 Å². The van der Waals surface area contributed by atoms with Gasteiger partial charge in [-0.2, -0.15) is 0 Å². The molecule has 1 aromatic rings. The average molecular weight is 332 g/mol. The van der Waals surface area contributed by atoms with Gasteiger partial charge in [-0.25, -0.2) is 0 Å². The van der Waals surface area contributed by atoms with Gasteiger partial charge in [-0.15, -0.1) is 0 Å². The third-order valence-corrected chi connectivity index (χ3v) is 4.55. The molecule has 2 N–H and O–H groups in total. The van der Waals surface area contributed by atoms with Crippen molar-refractivity contribution in [3.63, 3.8) is 0 Å². The van der Waals surface area contributed by atoms with E-state index in [4.69, 9.17) is 4.74 Å². The molecule has 0 aliphatic carbocycles. The second-order valence-electron chi connectivity index (χ2n) is 6.83. The van der Waals surface area contributed by atoms with Gasteiger partial charge in [-0.05, 0) is 44.7 Å². The summed E-state index contributed by atoms with van der Waals surface area (Å²) in [7, 11) is 0. The molecule has 0 saturated carbocycles. The predicted octanol–water partition coefficient (Wildman–Crippen LogP) is 4.50. The first-order valence-electron chi connectivity index (χ1n) is 9.49. The zero-order valence-electron chi connectivity index (χ0n) is 15.1. The maximum absolute atomic E-state index is 12.4. The fourth-order valence-electron chi connectivity index (χ4n) is 3.13. The molecule has 1 aromatic carbocycles. The van der Waals surface area contributed by atoms with Crippen LogP contribution < -0.4 is 15.4 Å². The number of unbranched alkanes of at least 4 members (excludes halogenated alkanes) is 4. The van der Waals surface area contributed by atoms with E-state index in [0.29, 0.717) is 6.04 Å². The van der Waals surface area contributed by atoms with E-state index in [1.165, 1.54) is 25.7 Å². The number of hydrogen-bond donors (Lipinski definition) is 2. The van der Waals surface area contributed by atoms with Crippen molar-refractivity contribution in [3.05, 3.63) is 24.3 Å². The highest BCUT2D eigenvalue weighted by Crippen LogP contribution is 2.19. The van der Waals surface area contributed by atoms with Crippen molar-refractivity contribution in [1.29, 1.82) is 0 Å². The summed E-state index contributed by atoms with van der Waals surface area (Å²) < 4.78 is 5.80. The molecule has 0 aromatic heterocycles. The first-order chi connectivity index (χ1) is 11.7. The fraction of sp³-hybridized carbons (Fsp3) is 0.650. The predicted molar refractivity (Wildman–Crippen MR) is 99.6 cm³/mol. The molecule has 1 heterocycles. The number of anilines is 1. The van der Waals surface area contributed by atoms with Crippen molar-refractivity contribution < 1.29 is 9.53 Å². The van der Waals surface area contributed by atoms with Crippen LogP contribution in [-0.4, -0.2) is 24.6 Å². The summed E-state index contributed by atoms with van der Waals surface area (Å²) in [6, 6.07) is 8.03. The van der Waals surface area contributed by atoms with Gasteiger partial charge < -0.3 is 15.4 Å². The fourth-order valence-corrected chi connectivity index (χ4v) is 3.13. The van der Waals surface area contributed by atoms with Crippen LogP contribution in [0.15, 0.2) is 24.3 Å². The van der Waals surface area contributed by atoms with Crippen molar-refractivity contribution in [3.8, 4) is 5.75 Å². The Morgan fingerprint density at radius 2 is 2.08 bits per heavy atom. The maximum atomic E-state index is 12.4. The molecule has 4 nitrogen and oxygen atoms in total. The Morgan fingerprint density at radius 1 is 1.25 bits per heavy atom. The normalized spacial score (nSPS) is 20.6. The van der Waals surface area contributed by atoms with Gasteiger partial charge in [0.2, 0.25) is 5.91 Å². The van der Waals surface area contributed by atoms with Crippen LogP contribution in [-0.2, 0) is 4.79 Å². The number of carbonyl (C=O) groups is 1. The van der Waals surface area contributed by atoms with Crippen molar-refractivity contribution in [1.82, 2.24) is 5.32 Å². The van der Waals surface area contributed by atoms with E-state index in [9.17, 15) is 4.79 Å². The van der Waals surface area contributed by atoms with E-state index in [1.54, 1.807) is 0 Å². The number of carbonyl (C=O) groups excluding carboxylic acids is 1. The summed E-state index contributed by atoms with van der Waals surface area (Å²) in [6.45, 7) is 5.09. The van der Waals surface area contributed by atoms with Crippen LogP contribution in [0.2, 0.25) is 0 Å². The lowest BCUT2D eigenvalue weighted by Gasteiger charge is -2.27. The highest BCUT2D eigenvalue weighted by Gasteiger charge is 2.24. The van der Waals surface area contributed by atoms with E-state index >= 15 is 0 Å². The average Bonchev–Trinajstić information content (AvgIpc) is 2.58. The van der Waals surface area contributed by atoms with Gasteiger partial charge in [0.1, 0.15) is 5.75 Å². The Labute approximate surface area is 146 Å². The van der Waals surface area contributed by atoms with Crippen LogP contribution in [0.3, 0.4) is 0 Å². The lowest BCUT2D eigenvalue weighted by molar-refractivity contribution is -0.118. The molecule has 0 bridgehead atoms. The number of ether oxygens (including phenoxy) is 1. The number of piperidine rings is 1. The first-order valence-corrected chi connectivity index (χ1v) is 9.49. The summed E-state index contributed by atoms with van der Waals surface area (Å²) in [5, 5.41) is 6.38. The zero-order chi connectivity index (χ0) is 17.2. The van der Waals surface area contributed by atoms with Crippen molar-refractivity contribution in [2.24, 2.45) is 0 Å². The zero-order valence-corrected chi connectivity index (χ0v) is 15.1. The van der Waals surface area contributed by atoms with Gasteiger partial charge in [-0.3, -0.25) is 4.79 Å². The summed E-state index contributed by atoms with van der Waals surface area (Å²) in [5.41, 5.74) is 0.809. The van der Waals surface area contributed by atoms with Gasteiger partial charge in [0.25, 0.3) is 0 Å². The number of benzene rings is 1. The quantitative estimate of drug-likeness (QED) is 0.654. The van der Waals surface area contributed by atoms with Crippen molar-refractivity contribution in [2.75, 3.05) is 11.9 Å². The number of nitrogens with one attached hydrogen (secondary N) is 2. The molecular formula is C20H32N2O2. The minimum Gasteiger partial charge on any atom is -0.494 e. The second-order valence-corrected chi connectivity index (χ2v) is 6.83. The van der Waals surface area contributed by atoms with E-state index in [1.807, 2.05) is 24.3 Å². The van der Waals surface area contributed by atoms with Crippen LogP contribution in [0.1, 0.15) is 65.2 Å². The standard InChI is InChI=1S/C20H32N2O2/c1-3-4-5-6-7-14-24-18-12-9-11-17(15-18)22-20(23)19-13-8-10-16(2)21-19/h9,11-12,15-16,19,21H,3-8,10,13-14H2,1-2H3,(H,22,23). The van der Waals surface area contributed by atoms with Crippen LogP contribution in [0.5, 0.6) is 5.75 Å². The Morgan fingerprint density at radius 3 is 2.88 bits per heavy atom. The lowest BCUT2D eigenvalue weighted by Crippen LogP contribution is -2.47. The summed E-state index contributed by atoms with van der Waals surface area (Å²) in [4.78, 5) is 12.4. The molecule has 1 saturated heterocycles. The highest BCUT2D eigenvalue weighted by molar-refractivity contribution is 5.95. The summed E-state index contributed by atoms with van der Waals surface area (Å²) in [6.07, 6.45) is 9.30. The van der Waals surface area contributed by atoms with Gasteiger partial charge >= 0.3 is 0 Å². The third-order valence-electron chi connectivity index (χ3n) is 4.55. The van der Waals surface area contributed by atoms with Gasteiger partial charge in [0.15, 0.2) is 0 Å². The van der Waals surface area contributed by atoms with E-state index in [0.717, 1.165) is 43.7 Å². The molecule has 1 aliphatic rings. The topological polar surface area (TPSA) is 50.4 Å². The van der Waals surface area contributed by atoms with Crippen LogP contribution >= 0.6 is 0 Å². The van der Waals surface area contributed by atoms with Crippen LogP contribution in [0, 0.1) is 0 Å². The Balaban J connectivity index is 1.76.